The van der Waals surface area contributed by atoms with Crippen LogP contribution in [-0.4, -0.2) is 18.4 Å². The lowest BCUT2D eigenvalue weighted by Gasteiger charge is -2.08. The summed E-state index contributed by atoms with van der Waals surface area (Å²) in [5, 5.41) is 2.34. The fourth-order valence-electron chi connectivity index (χ4n) is 0.953. The standard InChI is InChI=1S/C9H10N2O2/c1-6-2-3-8(12)7(4-6)5-11-9(10)13/h2-4H,1,5H2,(H3,10,11,13). The van der Waals surface area contributed by atoms with Crippen molar-refractivity contribution in [1.29, 1.82) is 0 Å². The predicted octanol–water partition coefficient (Wildman–Crippen LogP) is 0.276. The van der Waals surface area contributed by atoms with Gasteiger partial charge in [-0.3, -0.25) is 4.79 Å². The van der Waals surface area contributed by atoms with Crippen LogP contribution < -0.4 is 11.1 Å². The summed E-state index contributed by atoms with van der Waals surface area (Å²) in [6.45, 7) is 3.82. The molecule has 0 radical (unpaired) electrons. The van der Waals surface area contributed by atoms with Crippen molar-refractivity contribution in [3.8, 4) is 0 Å². The van der Waals surface area contributed by atoms with Gasteiger partial charge in [-0.25, -0.2) is 4.79 Å². The van der Waals surface area contributed by atoms with Gasteiger partial charge < -0.3 is 11.1 Å². The van der Waals surface area contributed by atoms with Gasteiger partial charge in [-0.1, -0.05) is 12.7 Å². The number of allylic oxidation sites excluding steroid dienone is 4. The lowest BCUT2D eigenvalue weighted by Crippen LogP contribution is -2.32. The Labute approximate surface area is 75.8 Å². The number of hydrogen-bond acceptors (Lipinski definition) is 2. The van der Waals surface area contributed by atoms with Crippen molar-refractivity contribution in [1.82, 2.24) is 5.32 Å². The van der Waals surface area contributed by atoms with Crippen molar-refractivity contribution in [2.24, 2.45) is 5.73 Å². The van der Waals surface area contributed by atoms with Gasteiger partial charge in [0.05, 0.1) is 0 Å². The highest BCUT2D eigenvalue weighted by molar-refractivity contribution is 6.06. The highest BCUT2D eigenvalue weighted by Gasteiger charge is 2.10. The SMILES string of the molecule is C=C1C=CC(=O)C(CNC(N)=O)=C1. The molecule has 13 heavy (non-hydrogen) atoms. The molecule has 0 fully saturated rings. The second-order valence-electron chi connectivity index (χ2n) is 2.66. The Morgan fingerprint density at radius 2 is 2.23 bits per heavy atom. The maximum atomic E-state index is 11.2. The zero-order valence-electron chi connectivity index (χ0n) is 7.04. The van der Waals surface area contributed by atoms with Gasteiger partial charge in [0.15, 0.2) is 5.78 Å². The molecule has 0 aromatic carbocycles. The highest BCUT2D eigenvalue weighted by atomic mass is 16.2. The van der Waals surface area contributed by atoms with E-state index >= 15 is 0 Å². The van der Waals surface area contributed by atoms with E-state index in [1.165, 1.54) is 6.08 Å². The number of nitrogens with two attached hydrogens (primary N) is 1. The van der Waals surface area contributed by atoms with Crippen molar-refractivity contribution in [2.45, 2.75) is 0 Å². The van der Waals surface area contributed by atoms with Crippen LogP contribution in [0.2, 0.25) is 0 Å². The third-order valence-corrected chi connectivity index (χ3v) is 1.58. The molecule has 1 rings (SSSR count). The van der Waals surface area contributed by atoms with Crippen molar-refractivity contribution < 1.29 is 9.59 Å². The van der Waals surface area contributed by atoms with E-state index in [2.05, 4.69) is 11.9 Å². The molecule has 0 saturated heterocycles. The summed E-state index contributed by atoms with van der Waals surface area (Å²) in [5.74, 6) is -0.124. The summed E-state index contributed by atoms with van der Waals surface area (Å²) in [7, 11) is 0. The second-order valence-corrected chi connectivity index (χ2v) is 2.66. The number of carbonyl (C=O) groups excluding carboxylic acids is 2. The van der Waals surface area contributed by atoms with Crippen LogP contribution >= 0.6 is 0 Å². The molecule has 4 heteroatoms. The van der Waals surface area contributed by atoms with E-state index in [0.29, 0.717) is 5.57 Å². The second kappa shape index (κ2) is 3.71. The van der Waals surface area contributed by atoms with Crippen LogP contribution in [0.5, 0.6) is 0 Å². The molecular weight excluding hydrogens is 168 g/mol. The Balaban J connectivity index is 2.63. The molecule has 0 spiro atoms. The minimum absolute atomic E-state index is 0.124. The first kappa shape index (κ1) is 9.25. The fraction of sp³-hybridized carbons (Fsp3) is 0.111. The molecule has 0 bridgehead atoms. The van der Waals surface area contributed by atoms with Crippen LogP contribution in [0, 0.1) is 0 Å². The van der Waals surface area contributed by atoms with Gasteiger partial charge in [0.2, 0.25) is 0 Å². The van der Waals surface area contributed by atoms with Crippen molar-refractivity contribution in [3.63, 3.8) is 0 Å². The van der Waals surface area contributed by atoms with Crippen molar-refractivity contribution >= 4 is 11.8 Å². The number of rotatable bonds is 2. The Morgan fingerprint density at radius 1 is 1.54 bits per heavy atom. The summed E-state index contributed by atoms with van der Waals surface area (Å²) < 4.78 is 0. The maximum Gasteiger partial charge on any atom is 0.312 e. The smallest absolute Gasteiger partial charge is 0.312 e. The predicted molar refractivity (Wildman–Crippen MR) is 49.0 cm³/mol. The van der Waals surface area contributed by atoms with Gasteiger partial charge in [0.1, 0.15) is 0 Å². The van der Waals surface area contributed by atoms with E-state index in [1.807, 2.05) is 0 Å². The lowest BCUT2D eigenvalue weighted by molar-refractivity contribution is -0.111. The maximum absolute atomic E-state index is 11.2. The zero-order valence-corrected chi connectivity index (χ0v) is 7.04. The van der Waals surface area contributed by atoms with Crippen LogP contribution in [0.1, 0.15) is 0 Å². The largest absolute Gasteiger partial charge is 0.352 e. The van der Waals surface area contributed by atoms with Crippen LogP contribution in [0.3, 0.4) is 0 Å². The van der Waals surface area contributed by atoms with E-state index in [4.69, 9.17) is 5.73 Å². The topological polar surface area (TPSA) is 72.2 Å². The Hall–Kier alpha value is -1.84. The van der Waals surface area contributed by atoms with Crippen LogP contribution in [0.25, 0.3) is 0 Å². The van der Waals surface area contributed by atoms with Gasteiger partial charge in [-0.2, -0.15) is 0 Å². The number of amides is 2. The average Bonchev–Trinajstić information content (AvgIpc) is 2.06. The molecule has 4 nitrogen and oxygen atoms in total. The highest BCUT2D eigenvalue weighted by Crippen LogP contribution is 2.09. The summed E-state index contributed by atoms with van der Waals surface area (Å²) in [4.78, 5) is 21.5. The Morgan fingerprint density at radius 3 is 2.85 bits per heavy atom. The zero-order chi connectivity index (χ0) is 9.84. The van der Waals surface area contributed by atoms with Crippen LogP contribution in [0.4, 0.5) is 4.79 Å². The van der Waals surface area contributed by atoms with E-state index in [-0.39, 0.29) is 12.3 Å². The number of hydrogen-bond donors (Lipinski definition) is 2. The molecule has 0 aromatic heterocycles. The van der Waals surface area contributed by atoms with E-state index in [1.54, 1.807) is 12.2 Å². The van der Waals surface area contributed by atoms with Crippen LogP contribution in [-0.2, 0) is 4.79 Å². The lowest BCUT2D eigenvalue weighted by atomic mass is 10.0. The first-order chi connectivity index (χ1) is 6.09. The molecule has 68 valence electrons. The third-order valence-electron chi connectivity index (χ3n) is 1.58. The average molecular weight is 178 g/mol. The van der Waals surface area contributed by atoms with Crippen molar-refractivity contribution in [2.75, 3.05) is 6.54 Å². The number of nitrogens with one attached hydrogen (secondary N) is 1. The molecule has 0 atom stereocenters. The Bertz CT molecular complexity index is 327. The molecule has 0 unspecified atom stereocenters. The number of ketones is 1. The minimum Gasteiger partial charge on any atom is -0.352 e. The first-order valence-corrected chi connectivity index (χ1v) is 3.75. The van der Waals surface area contributed by atoms with Crippen molar-refractivity contribution in [3.05, 3.63) is 36.0 Å². The molecule has 0 heterocycles. The van der Waals surface area contributed by atoms with E-state index in [0.717, 1.165) is 5.57 Å². The van der Waals surface area contributed by atoms with E-state index in [9.17, 15) is 9.59 Å². The molecule has 3 N–H and O–H groups in total. The minimum atomic E-state index is -0.645. The number of carbonyl (C=O) groups is 2. The van der Waals surface area contributed by atoms with Crippen LogP contribution in [0.15, 0.2) is 36.0 Å². The van der Waals surface area contributed by atoms with Gasteiger partial charge in [0.25, 0.3) is 0 Å². The molecule has 0 aliphatic heterocycles. The summed E-state index contributed by atoms with van der Waals surface area (Å²) in [6, 6.07) is -0.645. The van der Waals surface area contributed by atoms with Gasteiger partial charge >= 0.3 is 6.03 Å². The first-order valence-electron chi connectivity index (χ1n) is 3.75. The molecular formula is C9H10N2O2. The summed E-state index contributed by atoms with van der Waals surface area (Å²) >= 11 is 0. The number of urea groups is 1. The molecule has 0 aromatic rings. The molecule has 2 amide bonds. The van der Waals surface area contributed by atoms with Gasteiger partial charge in [0, 0.05) is 12.1 Å². The van der Waals surface area contributed by atoms with E-state index < -0.39 is 6.03 Å². The quantitative estimate of drug-likeness (QED) is 0.637. The van der Waals surface area contributed by atoms with Gasteiger partial charge in [-0.05, 0) is 17.7 Å². The normalized spacial score (nSPS) is 15.5. The number of primary amides is 1. The monoisotopic (exact) mass is 178 g/mol. The fourth-order valence-corrected chi connectivity index (χ4v) is 0.953. The molecule has 1 aliphatic carbocycles. The van der Waals surface area contributed by atoms with Gasteiger partial charge in [-0.15, -0.1) is 0 Å². The summed E-state index contributed by atoms with van der Waals surface area (Å²) in [5.41, 5.74) is 6.09. The summed E-state index contributed by atoms with van der Waals surface area (Å²) in [6.07, 6.45) is 4.66. The Kier molecular flexibility index (Phi) is 2.64. The third kappa shape index (κ3) is 2.59. The molecule has 0 saturated carbocycles. The molecule has 1 aliphatic rings.